The Morgan fingerprint density at radius 2 is 1.25 bits per heavy atom. The van der Waals surface area contributed by atoms with Crippen LogP contribution in [-0.2, 0) is 11.8 Å². The van der Waals surface area contributed by atoms with Gasteiger partial charge in [-0.15, -0.1) is 0 Å². The molecule has 8 aromatic rings. The minimum Gasteiger partial charge on any atom is -0.362 e. The lowest BCUT2D eigenvalue weighted by atomic mass is 9.79. The first-order chi connectivity index (χ1) is 29.9. The van der Waals surface area contributed by atoms with Gasteiger partial charge in [-0.05, 0) is 114 Å². The Labute approximate surface area is 363 Å². The highest BCUT2D eigenvalue weighted by Gasteiger charge is 2.37. The standard InChI is InChI=1S/C55H48N2.2C2H6/c1-5-16-52-48(31-28-37-27-30-46-45-23-12-14-25-50(45)55(3,4)51(46)33-37)47-24-13-15-26-53(47)57(52)54(34-38-18-7-6-17-36(38)2)56-39-29-32-44-42-21-9-8-19-40(42)41-20-10-11-22-43(41)49(44)35-39;2*1-2/h6-15,17-26,28-29,31-35,54,56H,2,5,16,27,30H2,1,3-4H3;2*1-2H3/b31-28?,38-34-;;. The van der Waals surface area contributed by atoms with E-state index >= 15 is 0 Å². The Kier molecular flexibility index (Phi) is 12.0. The molecule has 1 unspecified atom stereocenters. The van der Waals surface area contributed by atoms with Crippen LogP contribution in [0.1, 0.15) is 96.3 Å². The van der Waals surface area contributed by atoms with E-state index in [1.54, 1.807) is 0 Å². The van der Waals surface area contributed by atoms with Crippen LogP contribution >= 0.6 is 0 Å². The van der Waals surface area contributed by atoms with Gasteiger partial charge in [0, 0.05) is 27.7 Å². The zero-order chi connectivity index (χ0) is 42.7. The van der Waals surface area contributed by atoms with E-state index in [9.17, 15) is 0 Å². The van der Waals surface area contributed by atoms with Crippen LogP contribution in [-0.4, -0.2) is 4.57 Å². The molecule has 7 aromatic carbocycles. The molecular formula is C59H60N2. The van der Waals surface area contributed by atoms with Gasteiger partial charge < -0.3 is 9.88 Å². The molecule has 0 bridgehead atoms. The van der Waals surface area contributed by atoms with Crippen LogP contribution in [0.25, 0.3) is 67.5 Å². The lowest BCUT2D eigenvalue weighted by Gasteiger charge is -2.25. The van der Waals surface area contributed by atoms with Crippen LogP contribution in [0.15, 0.2) is 163 Å². The van der Waals surface area contributed by atoms with E-state index in [2.05, 4.69) is 201 Å². The third-order valence-electron chi connectivity index (χ3n) is 12.7. The Morgan fingerprint density at radius 3 is 1.93 bits per heavy atom. The smallest absolute Gasteiger partial charge is 0.124 e. The molecule has 0 saturated carbocycles. The molecule has 1 atom stereocenters. The van der Waals surface area contributed by atoms with Gasteiger partial charge in [0.1, 0.15) is 6.17 Å². The number of hydrogen-bond donors (Lipinski definition) is 1. The molecular weight excluding hydrogens is 737 g/mol. The summed E-state index contributed by atoms with van der Waals surface area (Å²) >= 11 is 0. The van der Waals surface area contributed by atoms with Gasteiger partial charge in [0.15, 0.2) is 0 Å². The summed E-state index contributed by atoms with van der Waals surface area (Å²) in [4.78, 5) is 0. The molecule has 2 heteroatoms. The second kappa shape index (κ2) is 17.7. The topological polar surface area (TPSA) is 17.0 Å². The number of allylic oxidation sites excluding steroid dienone is 5. The highest BCUT2D eigenvalue weighted by atomic mass is 15.2. The summed E-state index contributed by atoms with van der Waals surface area (Å²) in [5.41, 5.74) is 12.3. The molecule has 0 spiro atoms. The molecule has 2 nitrogen and oxygen atoms in total. The predicted molar refractivity (Wildman–Crippen MR) is 269 cm³/mol. The van der Waals surface area contributed by atoms with E-state index in [0.29, 0.717) is 0 Å². The molecule has 0 saturated heterocycles. The number of fused-ring (bicyclic) bond motifs is 9. The molecule has 0 aliphatic heterocycles. The van der Waals surface area contributed by atoms with Gasteiger partial charge in [-0.1, -0.05) is 201 Å². The molecule has 0 radical (unpaired) electrons. The van der Waals surface area contributed by atoms with Crippen LogP contribution in [0.3, 0.4) is 0 Å². The molecule has 10 rings (SSSR count). The Bertz CT molecular complexity index is 3080. The van der Waals surface area contributed by atoms with E-state index < -0.39 is 0 Å². The van der Waals surface area contributed by atoms with Crippen molar-refractivity contribution in [2.45, 2.75) is 85.7 Å². The van der Waals surface area contributed by atoms with Gasteiger partial charge in [0.25, 0.3) is 0 Å². The fourth-order valence-electron chi connectivity index (χ4n) is 9.90. The molecule has 61 heavy (non-hydrogen) atoms. The first-order valence-electron chi connectivity index (χ1n) is 22.6. The fourth-order valence-corrected chi connectivity index (χ4v) is 9.90. The lowest BCUT2D eigenvalue weighted by molar-refractivity contribution is 0.650. The predicted octanol–water partition coefficient (Wildman–Crippen LogP) is 15.1. The van der Waals surface area contributed by atoms with Gasteiger partial charge in [-0.3, -0.25) is 0 Å². The third kappa shape index (κ3) is 7.44. The first kappa shape index (κ1) is 41.4. The van der Waals surface area contributed by atoms with Crippen LogP contribution < -0.4 is 15.8 Å². The molecule has 1 heterocycles. The van der Waals surface area contributed by atoms with E-state index in [4.69, 9.17) is 0 Å². The quantitative estimate of drug-likeness (QED) is 0.152. The maximum atomic E-state index is 4.44. The van der Waals surface area contributed by atoms with Crippen molar-refractivity contribution in [3.05, 3.63) is 196 Å². The summed E-state index contributed by atoms with van der Waals surface area (Å²) in [6, 6.07) is 51.0. The molecule has 2 aliphatic carbocycles. The van der Waals surface area contributed by atoms with Gasteiger partial charge in [0.05, 0.1) is 5.52 Å². The summed E-state index contributed by atoms with van der Waals surface area (Å²) in [7, 11) is 0. The molecule has 2 aliphatic rings. The van der Waals surface area contributed by atoms with Gasteiger partial charge >= 0.3 is 0 Å². The number of para-hydroxylation sites is 1. The Balaban J connectivity index is 0.00000125. The highest BCUT2D eigenvalue weighted by Crippen LogP contribution is 2.51. The average Bonchev–Trinajstić information content (AvgIpc) is 3.74. The van der Waals surface area contributed by atoms with Crippen LogP contribution in [0.5, 0.6) is 0 Å². The van der Waals surface area contributed by atoms with Crippen molar-refractivity contribution >= 4 is 73.2 Å². The van der Waals surface area contributed by atoms with Crippen molar-refractivity contribution in [3.8, 4) is 0 Å². The van der Waals surface area contributed by atoms with Crippen LogP contribution in [0, 0.1) is 0 Å². The maximum absolute atomic E-state index is 4.44. The SMILES string of the molecule is C=c1cccc/c1=C/C(Nc1ccc2c3ccccc3c3ccccc3c2c1)n1c(CCC)c(C=CC2=CC3=C(CC2)c2ccccc2C3(C)C)c2ccccc21.CC.CC. The zero-order valence-electron chi connectivity index (χ0n) is 37.1. The van der Waals surface area contributed by atoms with E-state index in [1.807, 2.05) is 27.7 Å². The number of rotatable bonds is 8. The minimum absolute atomic E-state index is 0.0101. The van der Waals surface area contributed by atoms with Crippen molar-refractivity contribution in [3.63, 3.8) is 0 Å². The Morgan fingerprint density at radius 1 is 0.656 bits per heavy atom. The lowest BCUT2D eigenvalue weighted by Crippen LogP contribution is -2.27. The number of aromatic nitrogens is 1. The molecule has 1 N–H and O–H groups in total. The summed E-state index contributed by atoms with van der Waals surface area (Å²) in [5, 5.41) is 15.2. The summed E-state index contributed by atoms with van der Waals surface area (Å²) in [6.07, 6.45) is 13.6. The minimum atomic E-state index is -0.176. The number of benzene rings is 7. The number of nitrogens with one attached hydrogen (secondary N) is 1. The zero-order valence-corrected chi connectivity index (χ0v) is 37.1. The van der Waals surface area contributed by atoms with Crippen molar-refractivity contribution in [1.82, 2.24) is 4.57 Å². The van der Waals surface area contributed by atoms with E-state index in [-0.39, 0.29) is 11.6 Å². The monoisotopic (exact) mass is 796 g/mol. The second-order valence-corrected chi connectivity index (χ2v) is 16.4. The third-order valence-corrected chi connectivity index (χ3v) is 12.7. The van der Waals surface area contributed by atoms with Crippen molar-refractivity contribution in [2.75, 3.05) is 5.32 Å². The molecule has 0 fully saturated rings. The Hall–Kier alpha value is -6.38. The van der Waals surface area contributed by atoms with Gasteiger partial charge in [0.2, 0.25) is 0 Å². The highest BCUT2D eigenvalue weighted by molar-refractivity contribution is 6.25. The van der Waals surface area contributed by atoms with Gasteiger partial charge in [-0.25, -0.2) is 0 Å². The summed E-state index contributed by atoms with van der Waals surface area (Å²) < 4.78 is 2.56. The molecule has 0 amide bonds. The van der Waals surface area contributed by atoms with E-state index in [0.717, 1.165) is 41.8 Å². The summed E-state index contributed by atoms with van der Waals surface area (Å²) in [5.74, 6) is 0. The first-order valence-corrected chi connectivity index (χ1v) is 22.6. The number of nitrogens with zero attached hydrogens (tertiary/aromatic N) is 1. The number of anilines is 1. The molecule has 306 valence electrons. The maximum Gasteiger partial charge on any atom is 0.124 e. The summed E-state index contributed by atoms with van der Waals surface area (Å²) in [6.45, 7) is 19.5. The van der Waals surface area contributed by atoms with Crippen molar-refractivity contribution in [2.24, 2.45) is 0 Å². The van der Waals surface area contributed by atoms with Crippen LogP contribution in [0.4, 0.5) is 5.69 Å². The van der Waals surface area contributed by atoms with Crippen LogP contribution in [0.2, 0.25) is 0 Å². The fraction of sp³-hybridized carbons (Fsp3) is 0.220. The largest absolute Gasteiger partial charge is 0.362 e. The number of hydrogen-bond acceptors (Lipinski definition) is 1. The van der Waals surface area contributed by atoms with Crippen molar-refractivity contribution in [1.29, 1.82) is 0 Å². The van der Waals surface area contributed by atoms with Crippen molar-refractivity contribution < 1.29 is 0 Å². The second-order valence-electron chi connectivity index (χ2n) is 16.4. The average molecular weight is 797 g/mol. The molecule has 1 aromatic heterocycles. The van der Waals surface area contributed by atoms with Gasteiger partial charge in [-0.2, -0.15) is 0 Å². The normalized spacial score (nSPS) is 15.0. The van der Waals surface area contributed by atoms with E-state index in [1.165, 1.54) is 82.3 Å².